The molecule has 0 aliphatic heterocycles. The van der Waals surface area contributed by atoms with Crippen LogP contribution in [0, 0.1) is 11.8 Å². The van der Waals surface area contributed by atoms with Crippen molar-refractivity contribution >= 4 is 0 Å². The van der Waals surface area contributed by atoms with Gasteiger partial charge in [-0.3, -0.25) is 0 Å². The Bertz CT molecular complexity index is 290. The van der Waals surface area contributed by atoms with Gasteiger partial charge in [-0.05, 0) is 43.9 Å². The van der Waals surface area contributed by atoms with Crippen molar-refractivity contribution < 1.29 is 22.6 Å². The molecule has 0 aromatic rings. The first-order chi connectivity index (χ1) is 9.08. The zero-order chi connectivity index (χ0) is 14.0. The van der Waals surface area contributed by atoms with Gasteiger partial charge in [0.15, 0.2) is 6.17 Å². The predicted octanol–water partition coefficient (Wildman–Crippen LogP) is 3.24. The standard InChI is InChI=1S/C14H23F3O2/c1-18-11-5-3-8(7-10(11)15)9-4-6-12(19-2)14(17)13(9)16/h8-14H,3-7H2,1-2H3. The van der Waals surface area contributed by atoms with Gasteiger partial charge in [0, 0.05) is 14.2 Å². The van der Waals surface area contributed by atoms with E-state index in [0.29, 0.717) is 25.7 Å². The van der Waals surface area contributed by atoms with Crippen molar-refractivity contribution in [2.45, 2.75) is 62.8 Å². The number of halogens is 3. The molecule has 0 heterocycles. The molecule has 0 amide bonds. The first kappa shape index (κ1) is 15.1. The quantitative estimate of drug-likeness (QED) is 0.790. The molecule has 112 valence electrons. The molecule has 2 aliphatic carbocycles. The molecule has 19 heavy (non-hydrogen) atoms. The molecule has 2 aliphatic rings. The van der Waals surface area contributed by atoms with Gasteiger partial charge in [0.05, 0.1) is 12.2 Å². The van der Waals surface area contributed by atoms with Crippen LogP contribution >= 0.6 is 0 Å². The van der Waals surface area contributed by atoms with Gasteiger partial charge in [0.1, 0.15) is 12.3 Å². The van der Waals surface area contributed by atoms with Crippen LogP contribution in [-0.2, 0) is 9.47 Å². The highest BCUT2D eigenvalue weighted by molar-refractivity contribution is 4.94. The SMILES string of the molecule is COC1CCC(C2CCC(OC)C(F)C2F)CC1F. The molecule has 0 spiro atoms. The molecule has 0 bridgehead atoms. The second-order valence-electron chi connectivity index (χ2n) is 5.77. The van der Waals surface area contributed by atoms with Crippen LogP contribution in [0.4, 0.5) is 13.2 Å². The molecule has 7 atom stereocenters. The predicted molar refractivity (Wildman–Crippen MR) is 66.3 cm³/mol. The Morgan fingerprint density at radius 1 is 0.789 bits per heavy atom. The lowest BCUT2D eigenvalue weighted by Crippen LogP contribution is -2.47. The van der Waals surface area contributed by atoms with E-state index in [0.717, 1.165) is 0 Å². The number of methoxy groups -OCH3 is 2. The minimum absolute atomic E-state index is 0.0764. The summed E-state index contributed by atoms with van der Waals surface area (Å²) in [5, 5.41) is 0. The van der Waals surface area contributed by atoms with Gasteiger partial charge < -0.3 is 9.47 Å². The van der Waals surface area contributed by atoms with Crippen LogP contribution in [0.25, 0.3) is 0 Å². The molecule has 0 saturated heterocycles. The maximum Gasteiger partial charge on any atom is 0.157 e. The minimum Gasteiger partial charge on any atom is -0.378 e. The summed E-state index contributed by atoms with van der Waals surface area (Å²) in [6.07, 6.45) is -2.52. The largest absolute Gasteiger partial charge is 0.378 e. The third-order valence-electron chi connectivity index (χ3n) is 4.82. The topological polar surface area (TPSA) is 18.5 Å². The van der Waals surface area contributed by atoms with Crippen LogP contribution in [0.5, 0.6) is 0 Å². The molecule has 0 aromatic heterocycles. The van der Waals surface area contributed by atoms with Crippen LogP contribution in [-0.4, -0.2) is 44.9 Å². The third kappa shape index (κ3) is 3.07. The van der Waals surface area contributed by atoms with Crippen LogP contribution < -0.4 is 0 Å². The summed E-state index contributed by atoms with van der Waals surface area (Å²) in [5.74, 6) is -0.454. The molecule has 7 unspecified atom stereocenters. The average Bonchev–Trinajstić information content (AvgIpc) is 2.41. The van der Waals surface area contributed by atoms with Gasteiger partial charge in [0.25, 0.3) is 0 Å². The van der Waals surface area contributed by atoms with Gasteiger partial charge in [-0.2, -0.15) is 0 Å². The van der Waals surface area contributed by atoms with Crippen molar-refractivity contribution in [1.82, 2.24) is 0 Å². The number of hydrogen-bond acceptors (Lipinski definition) is 2. The monoisotopic (exact) mass is 280 g/mol. The van der Waals surface area contributed by atoms with Gasteiger partial charge in [-0.15, -0.1) is 0 Å². The van der Waals surface area contributed by atoms with E-state index in [2.05, 4.69) is 0 Å². The van der Waals surface area contributed by atoms with Gasteiger partial charge in [-0.1, -0.05) is 0 Å². The summed E-state index contributed by atoms with van der Waals surface area (Å²) in [7, 11) is 2.91. The Hall–Kier alpha value is -0.290. The number of hydrogen-bond donors (Lipinski definition) is 0. The Labute approximate surface area is 112 Å². The van der Waals surface area contributed by atoms with Crippen molar-refractivity contribution in [3.63, 3.8) is 0 Å². The molecular weight excluding hydrogens is 257 g/mol. The summed E-state index contributed by atoms with van der Waals surface area (Å²) < 4.78 is 51.9. The highest BCUT2D eigenvalue weighted by atomic mass is 19.2. The summed E-state index contributed by atoms with van der Waals surface area (Å²) in [6.45, 7) is 0. The lowest BCUT2D eigenvalue weighted by atomic mass is 9.70. The first-order valence-electron chi connectivity index (χ1n) is 7.06. The Balaban J connectivity index is 1.96. The fraction of sp³-hybridized carbons (Fsp3) is 1.00. The van der Waals surface area contributed by atoms with Crippen LogP contribution in [0.2, 0.25) is 0 Å². The van der Waals surface area contributed by atoms with Crippen molar-refractivity contribution in [3.8, 4) is 0 Å². The van der Waals surface area contributed by atoms with E-state index < -0.39 is 24.6 Å². The lowest BCUT2D eigenvalue weighted by Gasteiger charge is -2.41. The fourth-order valence-electron chi connectivity index (χ4n) is 3.63. The van der Waals surface area contributed by atoms with Gasteiger partial charge in [0.2, 0.25) is 0 Å². The zero-order valence-electron chi connectivity index (χ0n) is 11.5. The van der Waals surface area contributed by atoms with Crippen molar-refractivity contribution in [2.75, 3.05) is 14.2 Å². The fourth-order valence-corrected chi connectivity index (χ4v) is 3.63. The average molecular weight is 280 g/mol. The lowest BCUT2D eigenvalue weighted by molar-refractivity contribution is -0.0844. The number of alkyl halides is 3. The molecule has 0 aromatic carbocycles. The summed E-state index contributed by atoms with van der Waals surface area (Å²) in [5.41, 5.74) is 0. The summed E-state index contributed by atoms with van der Waals surface area (Å²) in [6, 6.07) is 0. The molecule has 0 radical (unpaired) electrons. The zero-order valence-corrected chi connectivity index (χ0v) is 11.5. The second-order valence-corrected chi connectivity index (χ2v) is 5.77. The Morgan fingerprint density at radius 3 is 2.00 bits per heavy atom. The van der Waals surface area contributed by atoms with Crippen LogP contribution in [0.1, 0.15) is 32.1 Å². The van der Waals surface area contributed by atoms with Gasteiger partial charge >= 0.3 is 0 Å². The smallest absolute Gasteiger partial charge is 0.157 e. The van der Waals surface area contributed by atoms with Crippen LogP contribution in [0.3, 0.4) is 0 Å². The summed E-state index contributed by atoms with van der Waals surface area (Å²) >= 11 is 0. The maximum atomic E-state index is 14.2. The highest BCUT2D eigenvalue weighted by Gasteiger charge is 2.45. The van der Waals surface area contributed by atoms with E-state index in [-0.39, 0.29) is 24.4 Å². The number of ether oxygens (including phenoxy) is 2. The van der Waals surface area contributed by atoms with E-state index in [1.807, 2.05) is 0 Å². The molecule has 2 saturated carbocycles. The van der Waals surface area contributed by atoms with E-state index in [1.54, 1.807) is 0 Å². The summed E-state index contributed by atoms with van der Waals surface area (Å²) in [4.78, 5) is 0. The minimum atomic E-state index is -1.58. The third-order valence-corrected chi connectivity index (χ3v) is 4.82. The molecule has 0 N–H and O–H groups in total. The maximum absolute atomic E-state index is 14.2. The van der Waals surface area contributed by atoms with E-state index in [1.165, 1.54) is 14.2 Å². The van der Waals surface area contributed by atoms with Crippen molar-refractivity contribution in [3.05, 3.63) is 0 Å². The van der Waals surface area contributed by atoms with E-state index >= 15 is 0 Å². The van der Waals surface area contributed by atoms with E-state index in [4.69, 9.17) is 9.47 Å². The first-order valence-corrected chi connectivity index (χ1v) is 7.06. The molecule has 2 fully saturated rings. The van der Waals surface area contributed by atoms with Crippen molar-refractivity contribution in [1.29, 1.82) is 0 Å². The molecule has 2 nitrogen and oxygen atoms in total. The number of rotatable bonds is 3. The molecule has 5 heteroatoms. The highest BCUT2D eigenvalue weighted by Crippen LogP contribution is 2.42. The van der Waals surface area contributed by atoms with Gasteiger partial charge in [-0.25, -0.2) is 13.2 Å². The van der Waals surface area contributed by atoms with Crippen LogP contribution in [0.15, 0.2) is 0 Å². The van der Waals surface area contributed by atoms with E-state index in [9.17, 15) is 13.2 Å². The van der Waals surface area contributed by atoms with Crippen molar-refractivity contribution in [2.24, 2.45) is 11.8 Å². The second kappa shape index (κ2) is 6.44. The normalized spacial score (nSPS) is 48.2. The Kier molecular flexibility index (Phi) is 5.12. The molecule has 2 rings (SSSR count). The molecular formula is C14H23F3O2. The Morgan fingerprint density at radius 2 is 1.42 bits per heavy atom.